The van der Waals surface area contributed by atoms with Crippen molar-refractivity contribution in [1.29, 1.82) is 0 Å². The molecule has 6 heteroatoms. The lowest BCUT2D eigenvalue weighted by Gasteiger charge is -2.12. The van der Waals surface area contributed by atoms with E-state index in [1.54, 1.807) is 0 Å². The molecule has 26 heavy (non-hydrogen) atoms. The minimum atomic E-state index is -0.0481. The summed E-state index contributed by atoms with van der Waals surface area (Å²) in [6.45, 7) is 4.70. The van der Waals surface area contributed by atoms with Gasteiger partial charge in [0.2, 0.25) is 11.8 Å². The molecule has 0 unspecified atom stereocenters. The van der Waals surface area contributed by atoms with Gasteiger partial charge in [0.1, 0.15) is 0 Å². The third kappa shape index (κ3) is 4.95. The molecule has 134 valence electrons. The fourth-order valence-corrected chi connectivity index (χ4v) is 3.10. The van der Waals surface area contributed by atoms with Crippen LogP contribution in [0.4, 0.5) is 0 Å². The summed E-state index contributed by atoms with van der Waals surface area (Å²) >= 11 is 1.24. The van der Waals surface area contributed by atoms with Crippen molar-refractivity contribution in [3.63, 3.8) is 0 Å². The Morgan fingerprint density at radius 3 is 2.73 bits per heavy atom. The van der Waals surface area contributed by atoms with Gasteiger partial charge in [-0.2, -0.15) is 0 Å². The number of hydrogen-bond donors (Lipinski definition) is 1. The Hall–Kier alpha value is -2.60. The Bertz CT molecular complexity index is 864. The Kier molecular flexibility index (Phi) is 6.07. The summed E-state index contributed by atoms with van der Waals surface area (Å²) in [6.07, 6.45) is 0. The molecule has 1 amide bonds. The first kappa shape index (κ1) is 18.2. The Labute approximate surface area is 157 Å². The molecule has 0 aliphatic carbocycles. The van der Waals surface area contributed by atoms with E-state index in [9.17, 15) is 4.79 Å². The number of carbonyl (C=O) groups excluding carboxylic acids is 1. The fourth-order valence-electron chi connectivity index (χ4n) is 2.51. The topological polar surface area (TPSA) is 68.0 Å². The van der Waals surface area contributed by atoms with Gasteiger partial charge in [0.15, 0.2) is 0 Å². The number of nitrogens with one attached hydrogen (secondary N) is 1. The van der Waals surface area contributed by atoms with Gasteiger partial charge in [0, 0.05) is 12.1 Å². The largest absolute Gasteiger partial charge is 0.411 e. The van der Waals surface area contributed by atoms with Crippen molar-refractivity contribution in [3.8, 4) is 11.5 Å². The number of benzene rings is 2. The number of hydrogen-bond acceptors (Lipinski definition) is 5. The van der Waals surface area contributed by atoms with Crippen LogP contribution in [0.2, 0.25) is 0 Å². The zero-order valence-electron chi connectivity index (χ0n) is 14.8. The predicted octanol–water partition coefficient (Wildman–Crippen LogP) is 4.06. The lowest BCUT2D eigenvalue weighted by atomic mass is 10.0. The second-order valence-corrected chi connectivity index (χ2v) is 7.07. The first-order valence-electron chi connectivity index (χ1n) is 8.47. The van der Waals surface area contributed by atoms with E-state index in [1.807, 2.05) is 49.4 Å². The molecule has 0 bridgehead atoms. The summed E-state index contributed by atoms with van der Waals surface area (Å²) in [5.74, 6) is 0.931. The average Bonchev–Trinajstić information content (AvgIpc) is 3.14. The molecule has 1 atom stereocenters. The minimum Gasteiger partial charge on any atom is -0.411 e. The lowest BCUT2D eigenvalue weighted by molar-refractivity contribution is -0.118. The molecule has 0 saturated carbocycles. The molecule has 0 radical (unpaired) electrons. The van der Waals surface area contributed by atoms with Gasteiger partial charge >= 0.3 is 0 Å². The van der Waals surface area contributed by atoms with E-state index in [0.717, 1.165) is 11.1 Å². The second kappa shape index (κ2) is 8.67. The van der Waals surface area contributed by atoms with E-state index in [1.165, 1.54) is 17.3 Å². The zero-order valence-corrected chi connectivity index (χ0v) is 15.6. The summed E-state index contributed by atoms with van der Waals surface area (Å²) < 4.78 is 5.63. The molecule has 2 aromatic carbocycles. The Morgan fingerprint density at radius 2 is 1.96 bits per heavy atom. The average molecular weight is 367 g/mol. The number of aryl methyl sites for hydroxylation is 1. The molecule has 5 nitrogen and oxygen atoms in total. The summed E-state index contributed by atoms with van der Waals surface area (Å²) in [5, 5.41) is 11.4. The smallest absolute Gasteiger partial charge is 0.277 e. The van der Waals surface area contributed by atoms with Gasteiger partial charge in [-0.3, -0.25) is 4.79 Å². The number of carbonyl (C=O) groups is 1. The third-order valence-corrected chi connectivity index (χ3v) is 4.79. The highest BCUT2D eigenvalue weighted by Crippen LogP contribution is 2.23. The number of amides is 1. The molecule has 1 N–H and O–H groups in total. The van der Waals surface area contributed by atoms with Crippen molar-refractivity contribution in [2.45, 2.75) is 25.0 Å². The minimum absolute atomic E-state index is 0.0481. The summed E-state index contributed by atoms with van der Waals surface area (Å²) in [6, 6.07) is 18.0. The van der Waals surface area contributed by atoms with Crippen molar-refractivity contribution in [1.82, 2.24) is 15.5 Å². The van der Waals surface area contributed by atoms with E-state index < -0.39 is 0 Å². The van der Waals surface area contributed by atoms with E-state index >= 15 is 0 Å². The van der Waals surface area contributed by atoms with Crippen LogP contribution in [0.5, 0.6) is 0 Å². The van der Waals surface area contributed by atoms with Gasteiger partial charge in [-0.1, -0.05) is 66.7 Å². The Morgan fingerprint density at radius 1 is 1.15 bits per heavy atom. The SMILES string of the molecule is Cc1cccc(-c2nnc(SCC(=O)NC[C@@H](C)c3ccccc3)o2)c1. The van der Waals surface area contributed by atoms with Crippen LogP contribution in [0.15, 0.2) is 64.2 Å². The lowest BCUT2D eigenvalue weighted by Crippen LogP contribution is -2.28. The van der Waals surface area contributed by atoms with Crippen LogP contribution in [-0.4, -0.2) is 28.4 Å². The van der Waals surface area contributed by atoms with Crippen LogP contribution in [0.25, 0.3) is 11.5 Å². The molecule has 0 aliphatic heterocycles. The van der Waals surface area contributed by atoms with Crippen LogP contribution < -0.4 is 5.32 Å². The van der Waals surface area contributed by atoms with Crippen molar-refractivity contribution < 1.29 is 9.21 Å². The van der Waals surface area contributed by atoms with Crippen molar-refractivity contribution in [2.75, 3.05) is 12.3 Å². The molecule has 1 heterocycles. The van der Waals surface area contributed by atoms with E-state index in [-0.39, 0.29) is 17.6 Å². The Balaban J connectivity index is 1.48. The summed E-state index contributed by atoms with van der Waals surface area (Å²) in [4.78, 5) is 12.1. The molecule has 1 aromatic heterocycles. The highest BCUT2D eigenvalue weighted by atomic mass is 32.2. The second-order valence-electron chi connectivity index (χ2n) is 6.15. The van der Waals surface area contributed by atoms with E-state index in [4.69, 9.17) is 4.42 Å². The highest BCUT2D eigenvalue weighted by Gasteiger charge is 2.12. The van der Waals surface area contributed by atoms with Gasteiger partial charge in [-0.15, -0.1) is 10.2 Å². The van der Waals surface area contributed by atoms with Crippen molar-refractivity contribution in [2.24, 2.45) is 0 Å². The summed E-state index contributed by atoms with van der Waals surface area (Å²) in [5.41, 5.74) is 3.22. The molecule has 0 spiro atoms. The molecule has 0 aliphatic rings. The predicted molar refractivity (Wildman–Crippen MR) is 103 cm³/mol. The van der Waals surface area contributed by atoms with Gasteiger partial charge in [-0.05, 0) is 30.5 Å². The van der Waals surface area contributed by atoms with Gasteiger partial charge in [-0.25, -0.2) is 0 Å². The highest BCUT2D eigenvalue weighted by molar-refractivity contribution is 7.99. The molecule has 0 fully saturated rings. The first-order valence-corrected chi connectivity index (χ1v) is 9.45. The van der Waals surface area contributed by atoms with E-state index in [2.05, 4.69) is 34.6 Å². The van der Waals surface area contributed by atoms with Gasteiger partial charge in [0.05, 0.1) is 5.75 Å². The molecule has 3 rings (SSSR count). The van der Waals surface area contributed by atoms with Crippen molar-refractivity contribution in [3.05, 3.63) is 65.7 Å². The molecular formula is C20H21N3O2S. The normalized spacial score (nSPS) is 11.9. The van der Waals surface area contributed by atoms with Gasteiger partial charge < -0.3 is 9.73 Å². The first-order chi connectivity index (χ1) is 12.6. The molecular weight excluding hydrogens is 346 g/mol. The number of nitrogens with zero attached hydrogens (tertiary/aromatic N) is 2. The number of thioether (sulfide) groups is 1. The fraction of sp³-hybridized carbons (Fsp3) is 0.250. The van der Waals surface area contributed by atoms with Crippen LogP contribution in [0.3, 0.4) is 0 Å². The number of aromatic nitrogens is 2. The van der Waals surface area contributed by atoms with Crippen LogP contribution in [0, 0.1) is 6.92 Å². The summed E-state index contributed by atoms with van der Waals surface area (Å²) in [7, 11) is 0. The van der Waals surface area contributed by atoms with E-state index in [0.29, 0.717) is 17.7 Å². The van der Waals surface area contributed by atoms with Gasteiger partial charge in [0.25, 0.3) is 5.22 Å². The zero-order chi connectivity index (χ0) is 18.4. The monoisotopic (exact) mass is 367 g/mol. The maximum Gasteiger partial charge on any atom is 0.277 e. The molecule has 3 aromatic rings. The quantitative estimate of drug-likeness (QED) is 0.638. The maximum atomic E-state index is 12.1. The van der Waals surface area contributed by atoms with Crippen LogP contribution in [-0.2, 0) is 4.79 Å². The van der Waals surface area contributed by atoms with Crippen LogP contribution in [0.1, 0.15) is 24.0 Å². The van der Waals surface area contributed by atoms with Crippen molar-refractivity contribution >= 4 is 17.7 Å². The third-order valence-electron chi connectivity index (χ3n) is 3.97. The standard InChI is InChI=1S/C20H21N3O2S/c1-14-7-6-10-17(11-14)19-22-23-20(25-19)26-13-18(24)21-12-15(2)16-8-4-3-5-9-16/h3-11,15H,12-13H2,1-2H3,(H,21,24)/t15-/m1/s1. The maximum absolute atomic E-state index is 12.1. The number of rotatable bonds is 7. The molecule has 0 saturated heterocycles. The van der Waals surface area contributed by atoms with Crippen LogP contribution >= 0.6 is 11.8 Å².